The van der Waals surface area contributed by atoms with E-state index in [1.807, 2.05) is 0 Å². The Morgan fingerprint density at radius 1 is 1.38 bits per heavy atom. The maximum atomic E-state index is 9.22. The Labute approximate surface area is 78.4 Å². The first kappa shape index (κ1) is 16.3. The van der Waals surface area contributed by atoms with Gasteiger partial charge in [0, 0.05) is 17.1 Å². The van der Waals surface area contributed by atoms with Crippen molar-refractivity contribution in [1.82, 2.24) is 0 Å². The molecule has 48 valence electrons. The first-order chi connectivity index (χ1) is 2.56. The van der Waals surface area contributed by atoms with Crippen LogP contribution in [0.25, 0.3) is 0 Å². The van der Waals surface area contributed by atoms with E-state index in [9.17, 15) is 4.57 Å². The molecule has 0 saturated carbocycles. The zero-order chi connectivity index (χ0) is 5.21. The summed E-state index contributed by atoms with van der Waals surface area (Å²) in [5.41, 5.74) is 0. The first-order valence-electron chi connectivity index (χ1n) is 0.948. The molecule has 0 aliphatic heterocycles. The third kappa shape index (κ3) is 15.6. The van der Waals surface area contributed by atoms with Crippen LogP contribution < -0.4 is 0 Å². The third-order valence-corrected chi connectivity index (χ3v) is 0.319. The van der Waals surface area contributed by atoms with E-state index < -0.39 is 7.82 Å². The van der Waals surface area contributed by atoms with Crippen LogP contribution in [0.4, 0.5) is 0 Å². The molecular formula is H4FeNaO5P. The van der Waals surface area contributed by atoms with Gasteiger partial charge in [-0.15, -0.1) is 4.67 Å². The quantitative estimate of drug-likeness (QED) is 0.214. The minimum atomic E-state index is -4.59. The van der Waals surface area contributed by atoms with Crippen molar-refractivity contribution in [2.45, 2.75) is 0 Å². The van der Waals surface area contributed by atoms with Crippen LogP contribution in [0.1, 0.15) is 0 Å². The first-order valence-corrected chi connectivity index (χ1v) is 2.48. The molecule has 0 bridgehead atoms. The summed E-state index contributed by atoms with van der Waals surface area (Å²) in [4.78, 5) is 14.9. The zero-order valence-electron chi connectivity index (χ0n) is 2.96. The third-order valence-electron chi connectivity index (χ3n) is 0.106. The number of hydrogen-bond donors (Lipinski definition) is 3. The normalized spacial score (nSPS) is 8.88. The Hall–Kier alpha value is 1.59. The second kappa shape index (κ2) is 6.71. The van der Waals surface area contributed by atoms with E-state index in [1.165, 1.54) is 0 Å². The summed E-state index contributed by atoms with van der Waals surface area (Å²) in [6.07, 6.45) is 0. The number of hydrogen-bond acceptors (Lipinski definition) is 3. The molecule has 0 aliphatic carbocycles. The van der Waals surface area contributed by atoms with Gasteiger partial charge < -0.3 is 9.79 Å². The predicted octanol–water partition coefficient (Wildman–Crippen LogP) is -1.08. The van der Waals surface area contributed by atoms with Gasteiger partial charge in [-0.3, -0.25) is 0 Å². The monoisotopic (exact) mass is 194 g/mol. The Kier molecular flexibility index (Phi) is 13.7. The van der Waals surface area contributed by atoms with Gasteiger partial charge in [-0.2, -0.15) is 0 Å². The Bertz CT molecular complexity index is 76.5. The minimum absolute atomic E-state index is 0. The molecule has 0 fully saturated rings. The molecule has 0 aromatic carbocycles. The zero-order valence-corrected chi connectivity index (χ0v) is 4.96. The fourth-order valence-electron chi connectivity index (χ4n) is 0. The fourth-order valence-corrected chi connectivity index (χ4v) is 0. The Morgan fingerprint density at radius 3 is 1.50 bits per heavy atom. The van der Waals surface area contributed by atoms with Gasteiger partial charge in [0.15, 0.2) is 0 Å². The van der Waals surface area contributed by atoms with Crippen molar-refractivity contribution in [1.29, 1.82) is 0 Å². The van der Waals surface area contributed by atoms with Crippen LogP contribution in [0.2, 0.25) is 0 Å². The molecule has 0 aromatic heterocycles. The van der Waals surface area contributed by atoms with E-state index in [0.717, 1.165) is 0 Å². The molecule has 0 rings (SSSR count). The van der Waals surface area contributed by atoms with Crippen molar-refractivity contribution < 1.29 is 41.4 Å². The van der Waals surface area contributed by atoms with Crippen molar-refractivity contribution in [3.8, 4) is 0 Å². The van der Waals surface area contributed by atoms with Crippen molar-refractivity contribution in [3.63, 3.8) is 0 Å². The molecule has 0 radical (unpaired) electrons. The van der Waals surface area contributed by atoms with E-state index >= 15 is 0 Å². The van der Waals surface area contributed by atoms with Crippen molar-refractivity contribution >= 4 is 37.4 Å². The van der Waals surface area contributed by atoms with Crippen LogP contribution in [0.3, 0.4) is 0 Å². The maximum absolute atomic E-state index is 9.22. The van der Waals surface area contributed by atoms with Crippen LogP contribution in [-0.2, 0) is 26.3 Å². The molecular weight excluding hydrogens is 190 g/mol. The SMILES string of the molecule is O=P(O)(O)OO.[Fe].[NaH]. The van der Waals surface area contributed by atoms with Gasteiger partial charge in [0.25, 0.3) is 0 Å². The molecule has 8 heavy (non-hydrogen) atoms. The summed E-state index contributed by atoms with van der Waals surface area (Å²) in [5, 5.41) is 7.14. The van der Waals surface area contributed by atoms with Gasteiger partial charge >= 0.3 is 37.4 Å². The van der Waals surface area contributed by atoms with Gasteiger partial charge in [0.05, 0.1) is 0 Å². The van der Waals surface area contributed by atoms with Gasteiger partial charge in [0.2, 0.25) is 0 Å². The number of phosphoric acid groups is 1. The average Bonchev–Trinajstić information content (AvgIpc) is 1.35. The summed E-state index contributed by atoms with van der Waals surface area (Å²) >= 11 is 0. The standard InChI is InChI=1S/Fe.Na.H3O5P.H/c;;1-5-6(2,3)4;/h;;1H,(H2,2,3,4);. The molecule has 0 atom stereocenters. The molecule has 0 spiro atoms. The van der Waals surface area contributed by atoms with Crippen LogP contribution in [0, 0.1) is 0 Å². The van der Waals surface area contributed by atoms with E-state index in [1.54, 1.807) is 0 Å². The summed E-state index contributed by atoms with van der Waals surface area (Å²) in [6, 6.07) is 0. The van der Waals surface area contributed by atoms with Crippen LogP contribution in [0.15, 0.2) is 0 Å². The van der Waals surface area contributed by atoms with E-state index in [4.69, 9.17) is 15.0 Å². The molecule has 0 heterocycles. The summed E-state index contributed by atoms with van der Waals surface area (Å²) < 4.78 is 11.8. The topological polar surface area (TPSA) is 87.0 Å². The van der Waals surface area contributed by atoms with Gasteiger partial charge in [-0.05, 0) is 0 Å². The van der Waals surface area contributed by atoms with E-state index in [0.29, 0.717) is 0 Å². The second-order valence-corrected chi connectivity index (χ2v) is 1.72. The van der Waals surface area contributed by atoms with Crippen molar-refractivity contribution in [2.75, 3.05) is 0 Å². The van der Waals surface area contributed by atoms with E-state index in [2.05, 4.69) is 4.67 Å². The van der Waals surface area contributed by atoms with Crippen molar-refractivity contribution in [3.05, 3.63) is 0 Å². The van der Waals surface area contributed by atoms with Crippen molar-refractivity contribution in [2.24, 2.45) is 0 Å². The van der Waals surface area contributed by atoms with Crippen LogP contribution in [-0.4, -0.2) is 44.6 Å². The molecule has 3 N–H and O–H groups in total. The molecule has 0 aromatic rings. The summed E-state index contributed by atoms with van der Waals surface area (Å²) in [6.45, 7) is 0. The van der Waals surface area contributed by atoms with Gasteiger partial charge in [-0.25, -0.2) is 9.82 Å². The molecule has 0 saturated heterocycles. The number of rotatable bonds is 1. The van der Waals surface area contributed by atoms with Crippen LogP contribution in [0.5, 0.6) is 0 Å². The second-order valence-electron chi connectivity index (χ2n) is 0.572. The van der Waals surface area contributed by atoms with E-state index in [-0.39, 0.29) is 46.6 Å². The molecule has 0 aliphatic rings. The average molecular weight is 194 g/mol. The molecule has 0 unspecified atom stereocenters. The Balaban J connectivity index is -0.000000125. The van der Waals surface area contributed by atoms with Gasteiger partial charge in [0.1, 0.15) is 0 Å². The molecule has 8 heteroatoms. The predicted molar refractivity (Wildman–Crippen MR) is 22.9 cm³/mol. The van der Waals surface area contributed by atoms with Crippen LogP contribution >= 0.6 is 7.82 Å². The fraction of sp³-hybridized carbons (Fsp3) is 0. The Morgan fingerprint density at radius 2 is 1.50 bits per heavy atom. The molecule has 0 amide bonds. The van der Waals surface area contributed by atoms with Gasteiger partial charge in [-0.1, -0.05) is 0 Å². The summed E-state index contributed by atoms with van der Waals surface area (Å²) in [5.74, 6) is 0. The molecule has 5 nitrogen and oxygen atoms in total. The summed E-state index contributed by atoms with van der Waals surface area (Å²) in [7, 11) is -4.59.